The monoisotopic (exact) mass is 397 g/mol. The minimum atomic E-state index is -1.41. The van der Waals surface area contributed by atoms with Crippen molar-refractivity contribution in [3.05, 3.63) is 52.3 Å². The lowest BCUT2D eigenvalue weighted by Crippen LogP contribution is -2.27. The van der Waals surface area contributed by atoms with Crippen LogP contribution < -0.4 is 5.56 Å². The predicted molar refractivity (Wildman–Crippen MR) is 113 cm³/mol. The molecule has 3 rings (SSSR count). The highest BCUT2D eigenvalue weighted by Gasteiger charge is 2.27. The summed E-state index contributed by atoms with van der Waals surface area (Å²) < 4.78 is 17.9. The van der Waals surface area contributed by atoms with Crippen LogP contribution in [0.3, 0.4) is 0 Å². The van der Waals surface area contributed by atoms with Crippen molar-refractivity contribution in [1.29, 1.82) is 0 Å². The van der Waals surface area contributed by atoms with Crippen molar-refractivity contribution in [2.75, 3.05) is 0 Å². The molecule has 1 atom stereocenters. The Hall–Kier alpha value is -2.58. The highest BCUT2D eigenvalue weighted by atomic mass is 32.2. The number of aromatic nitrogens is 4. The number of benzene rings is 1. The summed E-state index contributed by atoms with van der Waals surface area (Å²) >= 11 is -1.41. The van der Waals surface area contributed by atoms with E-state index in [-0.39, 0.29) is 5.56 Å². The quantitative estimate of drug-likeness (QED) is 0.500. The second-order valence-electron chi connectivity index (χ2n) is 7.67. The third-order valence-electron chi connectivity index (χ3n) is 4.28. The third-order valence-corrected chi connectivity index (χ3v) is 5.76. The summed E-state index contributed by atoms with van der Waals surface area (Å²) in [6, 6.07) is 3.73. The van der Waals surface area contributed by atoms with Gasteiger partial charge in [0.15, 0.2) is 0 Å². The van der Waals surface area contributed by atoms with Gasteiger partial charge in [0, 0.05) is 25.0 Å². The standard InChI is InChI=1S/C20H23N5O2S/c1-12-7-15(13(2)24-28(27)20(3,4)5)17-16(8-12)19(26)25(6)18(23-17)14-9-21-11-22-10-14/h7-11H,1-6H3/b24-13-/t28-/m1/s1. The number of fused-ring (bicyclic) bond motifs is 1. The first-order valence-corrected chi connectivity index (χ1v) is 9.94. The van der Waals surface area contributed by atoms with Gasteiger partial charge in [-0.1, -0.05) is 4.40 Å². The Balaban J connectivity index is 2.31. The smallest absolute Gasteiger partial charge is 0.261 e. The lowest BCUT2D eigenvalue weighted by molar-refractivity contribution is 0.561. The largest absolute Gasteiger partial charge is 0.591 e. The van der Waals surface area contributed by atoms with Crippen molar-refractivity contribution in [1.82, 2.24) is 19.5 Å². The fraction of sp³-hybridized carbons (Fsp3) is 0.350. The van der Waals surface area contributed by atoms with Crippen molar-refractivity contribution >= 4 is 28.0 Å². The molecule has 0 fully saturated rings. The molecule has 3 aromatic rings. The molecule has 1 aromatic carbocycles. The van der Waals surface area contributed by atoms with E-state index in [0.717, 1.165) is 5.56 Å². The first kappa shape index (κ1) is 20.2. The molecule has 0 aliphatic heterocycles. The molecule has 0 saturated carbocycles. The van der Waals surface area contributed by atoms with Gasteiger partial charge in [0.05, 0.1) is 22.2 Å². The van der Waals surface area contributed by atoms with Crippen LogP contribution >= 0.6 is 0 Å². The van der Waals surface area contributed by atoms with E-state index in [1.165, 1.54) is 10.9 Å². The van der Waals surface area contributed by atoms with Gasteiger partial charge in [-0.2, -0.15) is 0 Å². The SMILES string of the molecule is C/C(=N/[S@+]([O-])C(C)(C)C)c1cc(C)cc2c(=O)n(C)c(-c3cncnc3)nc12. The Labute approximate surface area is 166 Å². The summed E-state index contributed by atoms with van der Waals surface area (Å²) in [5.41, 5.74) is 3.19. The van der Waals surface area contributed by atoms with Gasteiger partial charge in [0.2, 0.25) is 0 Å². The summed E-state index contributed by atoms with van der Waals surface area (Å²) in [7, 11) is 1.68. The van der Waals surface area contributed by atoms with E-state index < -0.39 is 16.1 Å². The van der Waals surface area contributed by atoms with Gasteiger partial charge in [-0.05, 0) is 52.3 Å². The predicted octanol–water partition coefficient (Wildman–Crippen LogP) is 2.97. The zero-order valence-corrected chi connectivity index (χ0v) is 17.7. The molecule has 2 heterocycles. The molecule has 0 unspecified atom stereocenters. The molecule has 7 nitrogen and oxygen atoms in total. The van der Waals surface area contributed by atoms with Crippen LogP contribution in [0.5, 0.6) is 0 Å². The molecule has 146 valence electrons. The van der Waals surface area contributed by atoms with Gasteiger partial charge in [-0.25, -0.2) is 15.0 Å². The second kappa shape index (κ2) is 7.44. The molecule has 0 aliphatic rings. The fourth-order valence-electron chi connectivity index (χ4n) is 2.78. The van der Waals surface area contributed by atoms with E-state index in [1.54, 1.807) is 26.4 Å². The first-order chi connectivity index (χ1) is 13.1. The van der Waals surface area contributed by atoms with E-state index in [4.69, 9.17) is 4.98 Å². The Morgan fingerprint density at radius 3 is 2.46 bits per heavy atom. The molecular weight excluding hydrogens is 374 g/mol. The average molecular weight is 398 g/mol. The van der Waals surface area contributed by atoms with Gasteiger partial charge >= 0.3 is 0 Å². The molecule has 0 amide bonds. The van der Waals surface area contributed by atoms with Crippen LogP contribution in [0.25, 0.3) is 22.3 Å². The third kappa shape index (κ3) is 3.83. The van der Waals surface area contributed by atoms with Crippen molar-refractivity contribution in [3.8, 4) is 11.4 Å². The zero-order chi connectivity index (χ0) is 20.6. The van der Waals surface area contributed by atoms with Crippen molar-refractivity contribution in [2.24, 2.45) is 11.4 Å². The van der Waals surface area contributed by atoms with Gasteiger partial charge in [0.25, 0.3) is 5.56 Å². The number of rotatable bonds is 3. The number of hydrogen-bond donors (Lipinski definition) is 0. The maximum absolute atomic E-state index is 13.0. The summed E-state index contributed by atoms with van der Waals surface area (Å²) in [6.45, 7) is 9.32. The van der Waals surface area contributed by atoms with Crippen LogP contribution in [0.1, 0.15) is 38.8 Å². The van der Waals surface area contributed by atoms with E-state index in [9.17, 15) is 9.35 Å². The Kier molecular flexibility index (Phi) is 5.36. The summed E-state index contributed by atoms with van der Waals surface area (Å²) in [6.07, 6.45) is 4.66. The van der Waals surface area contributed by atoms with Gasteiger partial charge in [-0.15, -0.1) is 0 Å². The molecule has 0 N–H and O–H groups in total. The van der Waals surface area contributed by atoms with Crippen molar-refractivity contribution in [2.45, 2.75) is 39.4 Å². The number of nitrogens with zero attached hydrogens (tertiary/aromatic N) is 5. The highest BCUT2D eigenvalue weighted by molar-refractivity contribution is 7.91. The lowest BCUT2D eigenvalue weighted by Gasteiger charge is -2.19. The van der Waals surface area contributed by atoms with E-state index >= 15 is 0 Å². The minimum absolute atomic E-state index is 0.168. The van der Waals surface area contributed by atoms with Crippen molar-refractivity contribution < 1.29 is 4.55 Å². The van der Waals surface area contributed by atoms with Crippen LogP contribution in [-0.4, -0.2) is 34.5 Å². The second-order valence-corrected chi connectivity index (χ2v) is 9.58. The fourth-order valence-corrected chi connectivity index (χ4v) is 3.40. The molecular formula is C20H23N5O2S. The van der Waals surface area contributed by atoms with E-state index in [1.807, 2.05) is 39.8 Å². The van der Waals surface area contributed by atoms with E-state index in [0.29, 0.717) is 33.6 Å². The minimum Gasteiger partial charge on any atom is -0.591 e. The van der Waals surface area contributed by atoms with Gasteiger partial charge < -0.3 is 4.55 Å². The van der Waals surface area contributed by atoms with Crippen LogP contribution in [0.15, 0.2) is 40.0 Å². The molecule has 2 aromatic heterocycles. The summed E-state index contributed by atoms with van der Waals surface area (Å²) in [5, 5.41) is 0.495. The molecule has 28 heavy (non-hydrogen) atoms. The number of hydrogen-bond acceptors (Lipinski definition) is 6. The lowest BCUT2D eigenvalue weighted by atomic mass is 10.0. The first-order valence-electron chi connectivity index (χ1n) is 8.84. The molecule has 0 bridgehead atoms. The maximum atomic E-state index is 13.0. The maximum Gasteiger partial charge on any atom is 0.261 e. The van der Waals surface area contributed by atoms with Crippen LogP contribution in [0.4, 0.5) is 0 Å². The zero-order valence-electron chi connectivity index (χ0n) is 16.8. The van der Waals surface area contributed by atoms with E-state index in [2.05, 4.69) is 14.4 Å². The van der Waals surface area contributed by atoms with Crippen LogP contribution in [0.2, 0.25) is 0 Å². The summed E-state index contributed by atoms with van der Waals surface area (Å²) in [5.74, 6) is 0.466. The molecule has 0 spiro atoms. The molecule has 0 saturated heterocycles. The normalized spacial score (nSPS) is 13.8. The molecule has 0 aliphatic carbocycles. The Morgan fingerprint density at radius 1 is 1.21 bits per heavy atom. The van der Waals surface area contributed by atoms with Gasteiger partial charge in [0.1, 0.15) is 28.3 Å². The van der Waals surface area contributed by atoms with Crippen LogP contribution in [0, 0.1) is 6.92 Å². The number of aryl methyl sites for hydroxylation is 1. The Bertz CT molecular complexity index is 1120. The topological polar surface area (TPSA) is 96.1 Å². The van der Waals surface area contributed by atoms with Gasteiger partial charge in [-0.3, -0.25) is 9.36 Å². The Morgan fingerprint density at radius 2 is 1.86 bits per heavy atom. The summed E-state index contributed by atoms with van der Waals surface area (Å²) in [4.78, 5) is 25.8. The average Bonchev–Trinajstić information content (AvgIpc) is 2.64. The molecule has 0 radical (unpaired) electrons. The van der Waals surface area contributed by atoms with Crippen LogP contribution in [-0.2, 0) is 18.4 Å². The highest BCUT2D eigenvalue weighted by Crippen LogP contribution is 2.24. The van der Waals surface area contributed by atoms with Crippen molar-refractivity contribution in [3.63, 3.8) is 0 Å². The molecule has 8 heteroatoms.